The lowest BCUT2D eigenvalue weighted by Crippen LogP contribution is -2.55. The lowest BCUT2D eigenvalue weighted by Gasteiger charge is -2.62. The molecule has 3 nitrogen and oxygen atoms in total. The molecule has 0 aromatic rings. The van der Waals surface area contributed by atoms with Gasteiger partial charge < -0.3 is 10.8 Å². The smallest absolute Gasteiger partial charge is 0.300 e. The topological polar surface area (TPSA) is 63.3 Å². The highest BCUT2D eigenvalue weighted by atomic mass is 16.4. The Balaban J connectivity index is 0.000000511. The van der Waals surface area contributed by atoms with Gasteiger partial charge in [-0.15, -0.1) is 0 Å². The van der Waals surface area contributed by atoms with Crippen LogP contribution in [0, 0.1) is 40.4 Å². The predicted molar refractivity (Wildman–Crippen MR) is 104 cm³/mol. The van der Waals surface area contributed by atoms with E-state index in [4.69, 9.17) is 15.6 Å². The van der Waals surface area contributed by atoms with Gasteiger partial charge in [0.05, 0.1) is 0 Å². The highest BCUT2D eigenvalue weighted by Gasteiger charge is 2.56. The molecule has 0 amide bonds. The number of hydrogen-bond acceptors (Lipinski definition) is 2. The van der Waals surface area contributed by atoms with Gasteiger partial charge in [0.2, 0.25) is 0 Å². The summed E-state index contributed by atoms with van der Waals surface area (Å²) in [4.78, 5) is 9.00. The molecule has 3 aliphatic carbocycles. The number of carboxylic acids is 1. The second-order valence-electron chi connectivity index (χ2n) is 10.1. The van der Waals surface area contributed by atoms with Gasteiger partial charge in [-0.25, -0.2) is 0 Å². The zero-order valence-corrected chi connectivity index (χ0v) is 17.2. The highest BCUT2D eigenvalue weighted by molar-refractivity contribution is 5.62. The number of hydrogen-bond donors (Lipinski definition) is 2. The Kier molecular flexibility index (Phi) is 6.62. The summed E-state index contributed by atoms with van der Waals surface area (Å²) < 4.78 is 0. The van der Waals surface area contributed by atoms with Gasteiger partial charge in [0.15, 0.2) is 0 Å². The highest BCUT2D eigenvalue weighted by Crippen LogP contribution is 2.64. The maximum atomic E-state index is 9.00. The molecule has 6 unspecified atom stereocenters. The summed E-state index contributed by atoms with van der Waals surface area (Å²) in [5.41, 5.74) is 7.25. The van der Waals surface area contributed by atoms with Crippen molar-refractivity contribution in [1.82, 2.24) is 0 Å². The lowest BCUT2D eigenvalue weighted by atomic mass is 9.43. The summed E-state index contributed by atoms with van der Waals surface area (Å²) in [6.07, 6.45) is 11.7. The van der Waals surface area contributed by atoms with Gasteiger partial charge in [-0.3, -0.25) is 4.79 Å². The minimum Gasteiger partial charge on any atom is -0.481 e. The van der Waals surface area contributed by atoms with E-state index in [-0.39, 0.29) is 0 Å². The molecule has 3 fully saturated rings. The zero-order chi connectivity index (χ0) is 18.8. The van der Waals surface area contributed by atoms with Crippen LogP contribution in [-0.2, 0) is 4.79 Å². The van der Waals surface area contributed by atoms with Crippen LogP contribution in [0.2, 0.25) is 0 Å². The summed E-state index contributed by atoms with van der Waals surface area (Å²) in [5, 5.41) is 7.42. The SMILES string of the molecule is CC(=O)O.CC(C)C1CCC2C(CCC3C(C)(CN)CCCC23C)C1. The molecule has 3 saturated carbocycles. The predicted octanol–water partition coefficient (Wildman–Crippen LogP) is 5.33. The fraction of sp³-hybridized carbons (Fsp3) is 0.955. The molecular weight excluding hydrogens is 310 g/mol. The number of carbonyl (C=O) groups is 1. The van der Waals surface area contributed by atoms with Crippen molar-refractivity contribution < 1.29 is 9.90 Å². The van der Waals surface area contributed by atoms with Crippen molar-refractivity contribution in [3.63, 3.8) is 0 Å². The van der Waals surface area contributed by atoms with E-state index < -0.39 is 5.97 Å². The first kappa shape index (κ1) is 20.7. The molecule has 0 aromatic heterocycles. The van der Waals surface area contributed by atoms with Crippen LogP contribution in [-0.4, -0.2) is 17.6 Å². The Labute approximate surface area is 155 Å². The van der Waals surface area contributed by atoms with Crippen molar-refractivity contribution in [1.29, 1.82) is 0 Å². The molecule has 0 bridgehead atoms. The van der Waals surface area contributed by atoms with Crippen molar-refractivity contribution in [2.45, 2.75) is 86.0 Å². The van der Waals surface area contributed by atoms with Gasteiger partial charge in [-0.05, 0) is 91.9 Å². The van der Waals surface area contributed by atoms with Gasteiger partial charge in [0.25, 0.3) is 5.97 Å². The van der Waals surface area contributed by atoms with Crippen LogP contribution in [0.25, 0.3) is 0 Å². The summed E-state index contributed by atoms with van der Waals surface area (Å²) in [7, 11) is 0. The number of nitrogens with two attached hydrogens (primary N) is 1. The van der Waals surface area contributed by atoms with Gasteiger partial charge in [0, 0.05) is 6.92 Å². The number of fused-ring (bicyclic) bond motifs is 3. The van der Waals surface area contributed by atoms with Gasteiger partial charge >= 0.3 is 0 Å². The summed E-state index contributed by atoms with van der Waals surface area (Å²) in [5.74, 6) is 3.96. The number of carboxylic acid groups (broad SMARTS) is 1. The maximum absolute atomic E-state index is 9.00. The Morgan fingerprint density at radius 2 is 1.80 bits per heavy atom. The van der Waals surface area contributed by atoms with Crippen molar-refractivity contribution in [3.05, 3.63) is 0 Å². The van der Waals surface area contributed by atoms with E-state index >= 15 is 0 Å². The molecule has 6 atom stereocenters. The van der Waals surface area contributed by atoms with E-state index in [1.54, 1.807) is 0 Å². The second kappa shape index (κ2) is 7.98. The van der Waals surface area contributed by atoms with Crippen molar-refractivity contribution in [2.75, 3.05) is 6.54 Å². The lowest BCUT2D eigenvalue weighted by molar-refractivity contribution is -0.134. The third-order valence-corrected chi connectivity index (χ3v) is 8.21. The van der Waals surface area contributed by atoms with Crippen LogP contribution < -0.4 is 5.73 Å². The Bertz CT molecular complexity index is 459. The molecule has 0 radical (unpaired) electrons. The van der Waals surface area contributed by atoms with Crippen molar-refractivity contribution in [2.24, 2.45) is 46.2 Å². The Morgan fingerprint density at radius 3 is 2.36 bits per heavy atom. The number of aliphatic carboxylic acids is 1. The molecule has 3 rings (SSSR count). The van der Waals surface area contributed by atoms with Crippen LogP contribution >= 0.6 is 0 Å². The van der Waals surface area contributed by atoms with E-state index in [0.29, 0.717) is 10.8 Å². The quantitative estimate of drug-likeness (QED) is 0.706. The molecule has 25 heavy (non-hydrogen) atoms. The summed E-state index contributed by atoms with van der Waals surface area (Å²) in [6, 6.07) is 0. The third-order valence-electron chi connectivity index (χ3n) is 8.21. The van der Waals surface area contributed by atoms with E-state index in [0.717, 1.165) is 43.1 Å². The second-order valence-corrected chi connectivity index (χ2v) is 10.1. The first-order chi connectivity index (χ1) is 11.6. The molecule has 3 aliphatic rings. The first-order valence-corrected chi connectivity index (χ1v) is 10.5. The summed E-state index contributed by atoms with van der Waals surface area (Å²) >= 11 is 0. The van der Waals surface area contributed by atoms with Crippen LogP contribution in [0.15, 0.2) is 0 Å². The van der Waals surface area contributed by atoms with Gasteiger partial charge in [0.1, 0.15) is 0 Å². The average Bonchev–Trinajstić information content (AvgIpc) is 2.53. The Hall–Kier alpha value is -0.570. The van der Waals surface area contributed by atoms with Crippen LogP contribution in [0.5, 0.6) is 0 Å². The number of rotatable bonds is 2. The molecule has 0 aromatic carbocycles. The molecule has 146 valence electrons. The standard InChI is InChI=1S/C20H37N.C2H4O2/c1-14(2)15-6-8-17-16(12-15)7-9-18-19(3,13-21)10-5-11-20(17,18)4;1-2(3)4/h14-18H,5-13,21H2,1-4H3;1H3,(H,3,4). The fourth-order valence-corrected chi connectivity index (χ4v) is 6.86. The van der Waals surface area contributed by atoms with E-state index in [2.05, 4.69) is 27.7 Å². The fourth-order valence-electron chi connectivity index (χ4n) is 6.86. The van der Waals surface area contributed by atoms with Crippen LogP contribution in [0.4, 0.5) is 0 Å². The molecule has 0 aliphatic heterocycles. The molecule has 0 saturated heterocycles. The van der Waals surface area contributed by atoms with E-state index in [9.17, 15) is 0 Å². The largest absolute Gasteiger partial charge is 0.481 e. The normalized spacial score (nSPS) is 43.5. The molecular formula is C22H41NO2. The van der Waals surface area contributed by atoms with E-state index in [1.807, 2.05) is 0 Å². The molecule has 0 heterocycles. The third kappa shape index (κ3) is 4.23. The molecule has 3 N–H and O–H groups in total. The van der Waals surface area contributed by atoms with E-state index in [1.165, 1.54) is 51.4 Å². The molecule has 0 spiro atoms. The van der Waals surface area contributed by atoms with Crippen LogP contribution in [0.3, 0.4) is 0 Å². The average molecular weight is 352 g/mol. The minimum absolute atomic E-state index is 0.423. The first-order valence-electron chi connectivity index (χ1n) is 10.5. The van der Waals surface area contributed by atoms with Gasteiger partial charge in [-0.2, -0.15) is 0 Å². The van der Waals surface area contributed by atoms with Crippen molar-refractivity contribution in [3.8, 4) is 0 Å². The van der Waals surface area contributed by atoms with Gasteiger partial charge in [-0.1, -0.05) is 34.1 Å². The van der Waals surface area contributed by atoms with Crippen molar-refractivity contribution >= 4 is 5.97 Å². The maximum Gasteiger partial charge on any atom is 0.300 e. The summed E-state index contributed by atoms with van der Waals surface area (Å²) in [6.45, 7) is 12.0. The minimum atomic E-state index is -0.833. The van der Waals surface area contributed by atoms with Crippen LogP contribution in [0.1, 0.15) is 86.0 Å². The zero-order valence-electron chi connectivity index (χ0n) is 17.2. The Morgan fingerprint density at radius 1 is 1.16 bits per heavy atom. The monoisotopic (exact) mass is 351 g/mol. The molecule has 3 heteroatoms.